The van der Waals surface area contributed by atoms with Gasteiger partial charge in [0.2, 0.25) is 0 Å². The van der Waals surface area contributed by atoms with Crippen molar-refractivity contribution < 1.29 is 19.7 Å². The van der Waals surface area contributed by atoms with E-state index in [1.807, 2.05) is 30.3 Å². The van der Waals surface area contributed by atoms with Crippen LogP contribution < -0.4 is 10.6 Å². The van der Waals surface area contributed by atoms with Gasteiger partial charge in [0.25, 0.3) is 0 Å². The van der Waals surface area contributed by atoms with Crippen molar-refractivity contribution in [3.05, 3.63) is 65.7 Å². The molecule has 0 bridgehead atoms. The number of benzene rings is 2. The summed E-state index contributed by atoms with van der Waals surface area (Å²) in [6, 6.07) is 16.4. The third-order valence-corrected chi connectivity index (χ3v) is 2.89. The fraction of sp³-hybridized carbons (Fsp3) is 0.188. The topological polar surface area (TPSA) is 81.8 Å². The van der Waals surface area contributed by atoms with Gasteiger partial charge < -0.3 is 15.7 Å². The Kier molecular flexibility index (Phi) is 7.39. The number of rotatable bonds is 7. The zero-order valence-corrected chi connectivity index (χ0v) is 12.7. The molecule has 6 heteroatoms. The van der Waals surface area contributed by atoms with E-state index in [9.17, 15) is 4.79 Å². The molecule has 0 saturated heterocycles. The molecule has 22 heavy (non-hydrogen) atoms. The highest BCUT2D eigenvalue weighted by atomic mass is 35.5. The number of aliphatic carboxylic acids is 1. The Morgan fingerprint density at radius 3 is 2.23 bits per heavy atom. The minimum Gasteiger partial charge on any atom is -0.480 e. The van der Waals surface area contributed by atoms with Crippen LogP contribution in [0, 0.1) is 0 Å². The third kappa shape index (κ3) is 5.73. The van der Waals surface area contributed by atoms with Crippen LogP contribution in [0.15, 0.2) is 54.6 Å². The number of carboxylic acid groups (broad SMARTS) is 1. The molecule has 1 atom stereocenters. The molecule has 0 aliphatic rings. The average molecular weight is 324 g/mol. The summed E-state index contributed by atoms with van der Waals surface area (Å²) >= 11 is 0. The van der Waals surface area contributed by atoms with Crippen LogP contribution in [0.5, 0.6) is 5.75 Å². The van der Waals surface area contributed by atoms with E-state index in [1.165, 1.54) is 5.56 Å². The lowest BCUT2D eigenvalue weighted by Crippen LogP contribution is -2.35. The minimum atomic E-state index is -1.13. The van der Waals surface area contributed by atoms with Crippen molar-refractivity contribution in [2.75, 3.05) is 6.61 Å². The summed E-state index contributed by atoms with van der Waals surface area (Å²) in [7, 11) is 0. The maximum atomic E-state index is 10.5. The van der Waals surface area contributed by atoms with E-state index < -0.39 is 12.0 Å². The Hall–Kier alpha value is -2.08. The molecule has 0 unspecified atom stereocenters. The first kappa shape index (κ1) is 18.0. The van der Waals surface area contributed by atoms with Crippen molar-refractivity contribution >= 4 is 18.4 Å². The number of hydrogen-bond acceptors (Lipinski definition) is 4. The number of halogens is 1. The van der Waals surface area contributed by atoms with Crippen molar-refractivity contribution in [3.63, 3.8) is 0 Å². The molecule has 2 rings (SSSR count). The van der Waals surface area contributed by atoms with Crippen LogP contribution in [0.1, 0.15) is 11.1 Å². The first-order valence-corrected chi connectivity index (χ1v) is 6.56. The van der Waals surface area contributed by atoms with Gasteiger partial charge in [-0.25, -0.2) is 0 Å². The van der Waals surface area contributed by atoms with Gasteiger partial charge in [0.1, 0.15) is 12.6 Å². The molecule has 3 N–H and O–H groups in total. The van der Waals surface area contributed by atoms with Crippen molar-refractivity contribution in [2.24, 2.45) is 5.73 Å². The van der Waals surface area contributed by atoms with Crippen molar-refractivity contribution in [2.45, 2.75) is 12.5 Å². The molecular weight excluding hydrogens is 306 g/mol. The van der Waals surface area contributed by atoms with Crippen LogP contribution in [0.25, 0.3) is 0 Å². The number of carbonyl (C=O) groups is 1. The van der Waals surface area contributed by atoms with E-state index >= 15 is 0 Å². The van der Waals surface area contributed by atoms with E-state index in [2.05, 4.69) is 12.1 Å². The summed E-state index contributed by atoms with van der Waals surface area (Å²) in [6.45, 7) is -0.207. The highest BCUT2D eigenvalue weighted by molar-refractivity contribution is 5.85. The van der Waals surface area contributed by atoms with Gasteiger partial charge in [-0.1, -0.05) is 42.5 Å². The maximum Gasteiger partial charge on any atom is 0.323 e. The van der Waals surface area contributed by atoms with Gasteiger partial charge in [0.05, 0.1) is 0 Å². The van der Waals surface area contributed by atoms with Gasteiger partial charge in [-0.15, -0.1) is 12.4 Å². The number of hydrogen-bond donors (Lipinski definition) is 2. The van der Waals surface area contributed by atoms with Crippen LogP contribution in [0.4, 0.5) is 0 Å². The van der Waals surface area contributed by atoms with Crippen molar-refractivity contribution in [1.29, 1.82) is 0 Å². The van der Waals surface area contributed by atoms with E-state index in [0.29, 0.717) is 5.75 Å². The Morgan fingerprint density at radius 2 is 1.64 bits per heavy atom. The SMILES string of the molecule is Cl.N[C@@H](COOc1ccc(Cc2ccccc2)cc1)C(=O)O. The Balaban J connectivity index is 0.00000242. The van der Waals surface area contributed by atoms with Crippen LogP contribution >= 0.6 is 12.4 Å². The van der Waals surface area contributed by atoms with Gasteiger partial charge in [0.15, 0.2) is 5.75 Å². The first-order valence-electron chi connectivity index (χ1n) is 6.56. The normalized spacial score (nSPS) is 11.3. The second-order valence-electron chi connectivity index (χ2n) is 4.62. The van der Waals surface area contributed by atoms with Gasteiger partial charge in [-0.2, -0.15) is 4.89 Å². The lowest BCUT2D eigenvalue weighted by atomic mass is 10.1. The predicted octanol–water partition coefficient (Wildman–Crippen LogP) is 2.42. The van der Waals surface area contributed by atoms with E-state index in [4.69, 9.17) is 20.6 Å². The third-order valence-electron chi connectivity index (χ3n) is 2.89. The summed E-state index contributed by atoms with van der Waals surface area (Å²) in [4.78, 5) is 20.3. The zero-order chi connectivity index (χ0) is 15.1. The fourth-order valence-electron chi connectivity index (χ4n) is 1.74. The van der Waals surface area contributed by atoms with Gasteiger partial charge in [0, 0.05) is 0 Å². The molecule has 0 aliphatic heterocycles. The second kappa shape index (κ2) is 9.04. The molecule has 2 aromatic rings. The Morgan fingerprint density at radius 1 is 1.05 bits per heavy atom. The zero-order valence-electron chi connectivity index (χ0n) is 11.8. The molecule has 0 heterocycles. The van der Waals surface area contributed by atoms with Crippen LogP contribution in [-0.4, -0.2) is 23.7 Å². The summed E-state index contributed by atoms with van der Waals surface area (Å²) in [5.41, 5.74) is 7.67. The molecule has 0 aliphatic carbocycles. The Labute approximate surface area is 135 Å². The standard InChI is InChI=1S/C16H17NO4.ClH/c17-15(16(18)19)11-20-21-14-8-6-13(7-9-14)10-12-4-2-1-3-5-12;/h1-9,15H,10-11,17H2,(H,18,19);1H/t15-;/m0./s1. The van der Waals surface area contributed by atoms with Crippen molar-refractivity contribution in [3.8, 4) is 5.75 Å². The average Bonchev–Trinajstić information content (AvgIpc) is 2.50. The molecule has 0 saturated carbocycles. The quantitative estimate of drug-likeness (QED) is 0.604. The molecule has 0 fully saturated rings. The van der Waals surface area contributed by atoms with E-state index in [1.54, 1.807) is 12.1 Å². The molecule has 0 radical (unpaired) electrons. The summed E-state index contributed by atoms with van der Waals surface area (Å²) in [6.07, 6.45) is 0.839. The molecule has 5 nitrogen and oxygen atoms in total. The van der Waals surface area contributed by atoms with E-state index in [-0.39, 0.29) is 19.0 Å². The second-order valence-corrected chi connectivity index (χ2v) is 4.62. The molecular formula is C16H18ClNO4. The van der Waals surface area contributed by atoms with Crippen LogP contribution in [0.3, 0.4) is 0 Å². The summed E-state index contributed by atoms with van der Waals surface area (Å²) in [5.74, 6) is -0.624. The molecule has 0 aromatic heterocycles. The van der Waals surface area contributed by atoms with Crippen LogP contribution in [0.2, 0.25) is 0 Å². The fourth-order valence-corrected chi connectivity index (χ4v) is 1.74. The van der Waals surface area contributed by atoms with Gasteiger partial charge >= 0.3 is 5.97 Å². The van der Waals surface area contributed by atoms with Gasteiger partial charge in [-0.3, -0.25) is 4.79 Å². The molecule has 2 aromatic carbocycles. The van der Waals surface area contributed by atoms with Gasteiger partial charge in [-0.05, 0) is 29.7 Å². The monoisotopic (exact) mass is 323 g/mol. The number of carboxylic acids is 1. The maximum absolute atomic E-state index is 10.5. The molecule has 118 valence electrons. The largest absolute Gasteiger partial charge is 0.480 e. The lowest BCUT2D eigenvalue weighted by molar-refractivity contribution is -0.211. The summed E-state index contributed by atoms with van der Waals surface area (Å²) in [5, 5.41) is 8.60. The predicted molar refractivity (Wildman–Crippen MR) is 85.1 cm³/mol. The van der Waals surface area contributed by atoms with Crippen molar-refractivity contribution in [1.82, 2.24) is 0 Å². The molecule has 0 amide bonds. The first-order chi connectivity index (χ1) is 10.1. The lowest BCUT2D eigenvalue weighted by Gasteiger charge is -2.08. The van der Waals surface area contributed by atoms with Crippen LogP contribution in [-0.2, 0) is 16.1 Å². The minimum absolute atomic E-state index is 0. The highest BCUT2D eigenvalue weighted by Crippen LogP contribution is 2.15. The highest BCUT2D eigenvalue weighted by Gasteiger charge is 2.12. The Bertz CT molecular complexity index is 574. The molecule has 0 spiro atoms. The van der Waals surface area contributed by atoms with E-state index in [0.717, 1.165) is 12.0 Å². The number of nitrogens with two attached hydrogens (primary N) is 1. The smallest absolute Gasteiger partial charge is 0.323 e. The summed E-state index contributed by atoms with van der Waals surface area (Å²) < 4.78 is 0.